The Morgan fingerprint density at radius 3 is 2.62 bits per heavy atom. The fraction of sp³-hybridized carbons (Fsp3) is 0.188. The summed E-state index contributed by atoms with van der Waals surface area (Å²) in [5.74, 6) is 0.381. The molecule has 2 rings (SSSR count). The van der Waals surface area contributed by atoms with Gasteiger partial charge in [-0.1, -0.05) is 6.07 Å². The van der Waals surface area contributed by atoms with E-state index in [0.29, 0.717) is 11.3 Å². The van der Waals surface area contributed by atoms with Crippen LogP contribution in [0, 0.1) is 6.92 Å². The van der Waals surface area contributed by atoms with Crippen molar-refractivity contribution in [2.24, 2.45) is 0 Å². The SMILES string of the molecule is COc1cc(SC)ccc1C(=O)Nc1ccc(C)cc1Br. The van der Waals surface area contributed by atoms with Crippen molar-refractivity contribution >= 4 is 39.3 Å². The van der Waals surface area contributed by atoms with Gasteiger partial charge in [-0.25, -0.2) is 0 Å². The van der Waals surface area contributed by atoms with Gasteiger partial charge >= 0.3 is 0 Å². The van der Waals surface area contributed by atoms with Crippen molar-refractivity contribution in [3.05, 3.63) is 52.0 Å². The van der Waals surface area contributed by atoms with Gasteiger partial charge in [-0.05, 0) is 65.0 Å². The van der Waals surface area contributed by atoms with Gasteiger partial charge in [-0.3, -0.25) is 4.79 Å². The predicted octanol–water partition coefficient (Wildman–Crippen LogP) is 4.74. The van der Waals surface area contributed by atoms with E-state index in [-0.39, 0.29) is 5.91 Å². The molecule has 2 aromatic rings. The predicted molar refractivity (Wildman–Crippen MR) is 91.6 cm³/mol. The van der Waals surface area contributed by atoms with Crippen LogP contribution in [-0.4, -0.2) is 19.3 Å². The fourth-order valence-corrected chi connectivity index (χ4v) is 2.92. The number of thioether (sulfide) groups is 1. The molecule has 2 aromatic carbocycles. The number of benzene rings is 2. The maximum atomic E-state index is 12.4. The lowest BCUT2D eigenvalue weighted by Crippen LogP contribution is -2.13. The van der Waals surface area contributed by atoms with Crippen LogP contribution < -0.4 is 10.1 Å². The summed E-state index contributed by atoms with van der Waals surface area (Å²) in [6.45, 7) is 2.00. The third-order valence-corrected chi connectivity index (χ3v) is 4.41. The van der Waals surface area contributed by atoms with E-state index in [0.717, 1.165) is 20.6 Å². The van der Waals surface area contributed by atoms with Crippen molar-refractivity contribution in [1.82, 2.24) is 0 Å². The number of anilines is 1. The Bertz CT molecular complexity index is 673. The van der Waals surface area contributed by atoms with E-state index in [1.54, 1.807) is 24.9 Å². The maximum absolute atomic E-state index is 12.4. The molecule has 21 heavy (non-hydrogen) atoms. The number of hydrogen-bond acceptors (Lipinski definition) is 3. The molecular weight excluding hydrogens is 350 g/mol. The van der Waals surface area contributed by atoms with Crippen molar-refractivity contribution < 1.29 is 9.53 Å². The monoisotopic (exact) mass is 365 g/mol. The third kappa shape index (κ3) is 3.80. The molecule has 0 saturated carbocycles. The smallest absolute Gasteiger partial charge is 0.259 e. The number of halogens is 1. The van der Waals surface area contributed by atoms with Crippen LogP contribution in [0.4, 0.5) is 5.69 Å². The molecule has 5 heteroatoms. The molecule has 0 aliphatic rings. The average Bonchev–Trinajstić information content (AvgIpc) is 2.49. The molecule has 0 aromatic heterocycles. The van der Waals surface area contributed by atoms with Crippen molar-refractivity contribution in [3.8, 4) is 5.75 Å². The molecule has 0 radical (unpaired) electrons. The summed E-state index contributed by atoms with van der Waals surface area (Å²) in [5.41, 5.74) is 2.38. The first-order chi connectivity index (χ1) is 10.0. The Morgan fingerprint density at radius 1 is 1.24 bits per heavy atom. The quantitative estimate of drug-likeness (QED) is 0.795. The van der Waals surface area contributed by atoms with E-state index in [1.807, 2.05) is 43.5 Å². The summed E-state index contributed by atoms with van der Waals surface area (Å²) < 4.78 is 6.17. The number of ether oxygens (including phenoxy) is 1. The third-order valence-electron chi connectivity index (χ3n) is 3.03. The van der Waals surface area contributed by atoms with Crippen molar-refractivity contribution in [1.29, 1.82) is 0 Å². The van der Waals surface area contributed by atoms with Crippen molar-refractivity contribution in [2.75, 3.05) is 18.7 Å². The van der Waals surface area contributed by atoms with Gasteiger partial charge in [-0.15, -0.1) is 11.8 Å². The van der Waals surface area contributed by atoms with E-state index in [2.05, 4.69) is 21.2 Å². The van der Waals surface area contributed by atoms with Gasteiger partial charge in [0.1, 0.15) is 5.75 Å². The second-order valence-electron chi connectivity index (χ2n) is 4.50. The molecule has 1 amide bonds. The Morgan fingerprint density at radius 2 is 2.00 bits per heavy atom. The Labute approximate surface area is 137 Å². The van der Waals surface area contributed by atoms with Gasteiger partial charge in [0.25, 0.3) is 5.91 Å². The average molecular weight is 366 g/mol. The Balaban J connectivity index is 2.28. The number of methoxy groups -OCH3 is 1. The zero-order valence-corrected chi connectivity index (χ0v) is 14.5. The number of nitrogens with one attached hydrogen (secondary N) is 1. The molecule has 0 fully saturated rings. The molecule has 0 saturated heterocycles. The first kappa shape index (κ1) is 15.9. The zero-order chi connectivity index (χ0) is 15.4. The van der Waals surface area contributed by atoms with Gasteiger partial charge in [-0.2, -0.15) is 0 Å². The molecule has 0 heterocycles. The second-order valence-corrected chi connectivity index (χ2v) is 6.24. The van der Waals surface area contributed by atoms with Crippen LogP contribution in [0.15, 0.2) is 45.8 Å². The van der Waals surface area contributed by atoms with Gasteiger partial charge in [0.2, 0.25) is 0 Å². The molecule has 0 spiro atoms. The summed E-state index contributed by atoms with van der Waals surface area (Å²) in [4.78, 5) is 13.5. The first-order valence-electron chi connectivity index (χ1n) is 6.34. The van der Waals surface area contributed by atoms with Crippen LogP contribution in [0.3, 0.4) is 0 Å². The molecular formula is C16H16BrNO2S. The maximum Gasteiger partial charge on any atom is 0.259 e. The fourth-order valence-electron chi connectivity index (χ4n) is 1.90. The molecule has 0 unspecified atom stereocenters. The largest absolute Gasteiger partial charge is 0.496 e. The lowest BCUT2D eigenvalue weighted by molar-refractivity contribution is 0.102. The highest BCUT2D eigenvalue weighted by atomic mass is 79.9. The van der Waals surface area contributed by atoms with E-state index in [4.69, 9.17) is 4.74 Å². The topological polar surface area (TPSA) is 38.3 Å². The summed E-state index contributed by atoms with van der Waals surface area (Å²) in [6, 6.07) is 11.3. The van der Waals surface area contributed by atoms with Crippen LogP contribution in [0.5, 0.6) is 5.75 Å². The number of rotatable bonds is 4. The summed E-state index contributed by atoms with van der Waals surface area (Å²) in [6.07, 6.45) is 1.98. The molecule has 0 aliphatic heterocycles. The lowest BCUT2D eigenvalue weighted by atomic mass is 10.1. The number of carbonyl (C=O) groups is 1. The van der Waals surface area contributed by atoms with Gasteiger partial charge in [0, 0.05) is 9.37 Å². The highest BCUT2D eigenvalue weighted by Gasteiger charge is 2.14. The van der Waals surface area contributed by atoms with Gasteiger partial charge in [0.05, 0.1) is 18.4 Å². The number of carbonyl (C=O) groups excluding carboxylic acids is 1. The van der Waals surface area contributed by atoms with E-state index >= 15 is 0 Å². The summed E-state index contributed by atoms with van der Waals surface area (Å²) >= 11 is 5.06. The van der Waals surface area contributed by atoms with Crippen LogP contribution in [0.25, 0.3) is 0 Å². The molecule has 0 aliphatic carbocycles. The molecule has 110 valence electrons. The molecule has 3 nitrogen and oxygen atoms in total. The highest BCUT2D eigenvalue weighted by molar-refractivity contribution is 9.10. The normalized spacial score (nSPS) is 10.3. The standard InChI is InChI=1S/C16H16BrNO2S/c1-10-4-7-14(13(17)8-10)18-16(19)12-6-5-11(21-3)9-15(12)20-2/h4-9H,1-3H3,(H,18,19). The molecule has 1 N–H and O–H groups in total. The van der Waals surface area contributed by atoms with Gasteiger partial charge in [0.15, 0.2) is 0 Å². The van der Waals surface area contributed by atoms with E-state index in [9.17, 15) is 4.79 Å². The Kier molecular flexibility index (Phi) is 5.31. The van der Waals surface area contributed by atoms with Crippen LogP contribution >= 0.6 is 27.7 Å². The van der Waals surface area contributed by atoms with Crippen LogP contribution in [0.1, 0.15) is 15.9 Å². The minimum Gasteiger partial charge on any atom is -0.496 e. The highest BCUT2D eigenvalue weighted by Crippen LogP contribution is 2.28. The van der Waals surface area contributed by atoms with Crippen LogP contribution in [-0.2, 0) is 0 Å². The number of aryl methyl sites for hydroxylation is 1. The Hall–Kier alpha value is -1.46. The van der Waals surface area contributed by atoms with E-state index < -0.39 is 0 Å². The second kappa shape index (κ2) is 7.00. The van der Waals surface area contributed by atoms with Gasteiger partial charge < -0.3 is 10.1 Å². The first-order valence-corrected chi connectivity index (χ1v) is 8.36. The minimum atomic E-state index is -0.191. The van der Waals surface area contributed by atoms with Crippen LogP contribution in [0.2, 0.25) is 0 Å². The number of hydrogen-bond donors (Lipinski definition) is 1. The summed E-state index contributed by atoms with van der Waals surface area (Å²) in [7, 11) is 1.57. The molecule has 0 atom stereocenters. The molecule has 0 bridgehead atoms. The number of amides is 1. The van der Waals surface area contributed by atoms with E-state index in [1.165, 1.54) is 0 Å². The minimum absolute atomic E-state index is 0.191. The van der Waals surface area contributed by atoms with Crippen molar-refractivity contribution in [2.45, 2.75) is 11.8 Å². The lowest BCUT2D eigenvalue weighted by Gasteiger charge is -2.12. The van der Waals surface area contributed by atoms with Crippen molar-refractivity contribution in [3.63, 3.8) is 0 Å². The zero-order valence-electron chi connectivity index (χ0n) is 12.1. The summed E-state index contributed by atoms with van der Waals surface area (Å²) in [5, 5.41) is 2.89.